The lowest BCUT2D eigenvalue weighted by atomic mass is 10.1. The van der Waals surface area contributed by atoms with E-state index in [0.717, 1.165) is 12.1 Å². The van der Waals surface area contributed by atoms with Crippen molar-refractivity contribution >= 4 is 5.91 Å². The van der Waals surface area contributed by atoms with Crippen LogP contribution in [0.25, 0.3) is 0 Å². The number of alkyl halides is 3. The second-order valence-electron chi connectivity index (χ2n) is 4.76. The molecule has 0 atom stereocenters. The number of ether oxygens (including phenoxy) is 1. The molecule has 10 heteroatoms. The van der Waals surface area contributed by atoms with Crippen molar-refractivity contribution in [1.82, 2.24) is 15.5 Å². The monoisotopic (exact) mass is 345 g/mol. The summed E-state index contributed by atoms with van der Waals surface area (Å²) in [5.74, 6) is -0.265. The van der Waals surface area contributed by atoms with Crippen LogP contribution in [0.15, 0.2) is 22.7 Å². The second-order valence-corrected chi connectivity index (χ2v) is 4.76. The SMILES string of the molecule is CNC(=O)Cc1noc(COc2cc(CO)cc(C(F)(F)F)c2)n1. The largest absolute Gasteiger partial charge is 0.484 e. The van der Waals surface area contributed by atoms with Crippen molar-refractivity contribution in [2.75, 3.05) is 7.05 Å². The lowest BCUT2D eigenvalue weighted by molar-refractivity contribution is -0.137. The minimum atomic E-state index is -4.56. The van der Waals surface area contributed by atoms with E-state index in [4.69, 9.17) is 14.4 Å². The molecule has 1 aromatic heterocycles. The molecule has 2 N–H and O–H groups in total. The predicted molar refractivity (Wildman–Crippen MR) is 73.8 cm³/mol. The molecule has 24 heavy (non-hydrogen) atoms. The van der Waals surface area contributed by atoms with Crippen LogP contribution < -0.4 is 10.1 Å². The van der Waals surface area contributed by atoms with Gasteiger partial charge in [-0.2, -0.15) is 18.2 Å². The molecule has 0 bridgehead atoms. The summed E-state index contributed by atoms with van der Waals surface area (Å²) in [6.07, 6.45) is -4.65. The van der Waals surface area contributed by atoms with E-state index in [-0.39, 0.29) is 42.0 Å². The van der Waals surface area contributed by atoms with Gasteiger partial charge in [0.25, 0.3) is 5.89 Å². The number of aliphatic hydroxyl groups excluding tert-OH is 1. The third kappa shape index (κ3) is 4.69. The molecule has 2 aromatic rings. The van der Waals surface area contributed by atoms with Gasteiger partial charge in [0, 0.05) is 7.05 Å². The van der Waals surface area contributed by atoms with Gasteiger partial charge in [0.1, 0.15) is 5.75 Å². The van der Waals surface area contributed by atoms with E-state index in [2.05, 4.69) is 15.5 Å². The Bertz CT molecular complexity index is 716. The first-order chi connectivity index (χ1) is 11.3. The molecule has 0 fully saturated rings. The Morgan fingerprint density at radius 1 is 1.38 bits per heavy atom. The summed E-state index contributed by atoms with van der Waals surface area (Å²) in [6, 6.07) is 2.92. The van der Waals surface area contributed by atoms with E-state index in [1.54, 1.807) is 0 Å². The number of carbonyl (C=O) groups is 1. The first kappa shape index (κ1) is 17.7. The minimum absolute atomic E-state index is 0.0110. The summed E-state index contributed by atoms with van der Waals surface area (Å²) < 4.78 is 48.4. The quantitative estimate of drug-likeness (QED) is 0.822. The number of likely N-dealkylation sites (N-methyl/N-ethyl adjacent to an activating group) is 1. The molecule has 130 valence electrons. The summed E-state index contributed by atoms with van der Waals surface area (Å²) in [5, 5.41) is 15.0. The van der Waals surface area contributed by atoms with Crippen LogP contribution in [0.1, 0.15) is 22.8 Å². The number of halogens is 3. The van der Waals surface area contributed by atoms with Crippen molar-refractivity contribution in [3.05, 3.63) is 41.0 Å². The fourth-order valence-electron chi connectivity index (χ4n) is 1.80. The molecule has 2 rings (SSSR count). The second kappa shape index (κ2) is 7.30. The van der Waals surface area contributed by atoms with Crippen LogP contribution >= 0.6 is 0 Å². The molecule has 0 saturated carbocycles. The molecule has 0 aliphatic heterocycles. The summed E-state index contributed by atoms with van der Waals surface area (Å²) in [6.45, 7) is -0.829. The fourth-order valence-corrected chi connectivity index (χ4v) is 1.80. The normalized spacial score (nSPS) is 11.4. The van der Waals surface area contributed by atoms with Crippen LogP contribution in [0.2, 0.25) is 0 Å². The third-order valence-corrected chi connectivity index (χ3v) is 2.95. The molecule has 0 radical (unpaired) electrons. The minimum Gasteiger partial charge on any atom is -0.484 e. The van der Waals surface area contributed by atoms with Crippen molar-refractivity contribution in [2.24, 2.45) is 0 Å². The molecular weight excluding hydrogens is 331 g/mol. The standard InChI is InChI=1S/C14H14F3N3O4/c1-18-12(22)5-11-19-13(24-20-11)7-23-10-3-8(6-21)2-9(4-10)14(15,16)17/h2-4,21H,5-7H2,1H3,(H,18,22). The fraction of sp³-hybridized carbons (Fsp3) is 0.357. The Hall–Kier alpha value is -2.62. The number of hydrogen-bond acceptors (Lipinski definition) is 6. The number of benzene rings is 1. The topological polar surface area (TPSA) is 97.5 Å². The van der Waals surface area contributed by atoms with Crippen LogP contribution in [0.4, 0.5) is 13.2 Å². The van der Waals surface area contributed by atoms with Crippen LogP contribution in [0.3, 0.4) is 0 Å². The number of aromatic nitrogens is 2. The Labute approximate surface area is 134 Å². The summed E-state index contributed by atoms with van der Waals surface area (Å²) in [4.78, 5) is 15.1. The highest BCUT2D eigenvalue weighted by atomic mass is 19.4. The summed E-state index contributed by atoms with van der Waals surface area (Å²) in [5.41, 5.74) is -0.874. The number of hydrogen-bond donors (Lipinski definition) is 2. The zero-order valence-corrected chi connectivity index (χ0v) is 12.6. The van der Waals surface area contributed by atoms with Gasteiger partial charge >= 0.3 is 6.18 Å². The highest BCUT2D eigenvalue weighted by molar-refractivity contribution is 5.77. The third-order valence-electron chi connectivity index (χ3n) is 2.95. The number of rotatable bonds is 6. The van der Waals surface area contributed by atoms with Gasteiger partial charge in [0.05, 0.1) is 18.6 Å². The molecule has 0 saturated heterocycles. The van der Waals surface area contributed by atoms with Gasteiger partial charge in [-0.25, -0.2) is 0 Å². The maximum absolute atomic E-state index is 12.8. The van der Waals surface area contributed by atoms with Gasteiger partial charge < -0.3 is 19.7 Å². The highest BCUT2D eigenvalue weighted by Crippen LogP contribution is 2.32. The van der Waals surface area contributed by atoms with Crippen LogP contribution in [-0.4, -0.2) is 28.2 Å². The van der Waals surface area contributed by atoms with Crippen LogP contribution in [-0.2, 0) is 30.6 Å². The zero-order chi connectivity index (χ0) is 17.7. The number of aliphatic hydroxyl groups is 1. The van der Waals surface area contributed by atoms with Crippen LogP contribution in [0.5, 0.6) is 5.75 Å². The molecule has 1 aromatic carbocycles. The van der Waals surface area contributed by atoms with Gasteiger partial charge in [-0.1, -0.05) is 5.16 Å². The van der Waals surface area contributed by atoms with E-state index in [1.165, 1.54) is 13.1 Å². The van der Waals surface area contributed by atoms with Gasteiger partial charge in [-0.05, 0) is 23.8 Å². The maximum atomic E-state index is 12.8. The number of carbonyl (C=O) groups excluding carboxylic acids is 1. The van der Waals surface area contributed by atoms with Crippen molar-refractivity contribution in [3.8, 4) is 5.75 Å². The molecular formula is C14H14F3N3O4. The molecule has 0 aliphatic carbocycles. The molecule has 0 aliphatic rings. The Morgan fingerprint density at radius 2 is 2.12 bits per heavy atom. The lowest BCUT2D eigenvalue weighted by Crippen LogP contribution is -2.20. The zero-order valence-electron chi connectivity index (χ0n) is 12.6. The molecule has 7 nitrogen and oxygen atoms in total. The van der Waals surface area contributed by atoms with Gasteiger partial charge in [0.2, 0.25) is 5.91 Å². The van der Waals surface area contributed by atoms with E-state index >= 15 is 0 Å². The Morgan fingerprint density at radius 3 is 2.75 bits per heavy atom. The van der Waals surface area contributed by atoms with Crippen molar-refractivity contribution in [1.29, 1.82) is 0 Å². The Kier molecular flexibility index (Phi) is 5.39. The summed E-state index contributed by atoms with van der Waals surface area (Å²) >= 11 is 0. The number of amides is 1. The van der Waals surface area contributed by atoms with Gasteiger partial charge in [0.15, 0.2) is 12.4 Å². The van der Waals surface area contributed by atoms with Crippen molar-refractivity contribution in [2.45, 2.75) is 25.8 Å². The molecule has 1 amide bonds. The van der Waals surface area contributed by atoms with E-state index in [0.29, 0.717) is 0 Å². The predicted octanol–water partition coefficient (Wildman–Crippen LogP) is 1.45. The van der Waals surface area contributed by atoms with Gasteiger partial charge in [-0.3, -0.25) is 4.79 Å². The molecule has 0 spiro atoms. The number of nitrogens with one attached hydrogen (secondary N) is 1. The maximum Gasteiger partial charge on any atom is 0.416 e. The summed E-state index contributed by atoms with van der Waals surface area (Å²) in [7, 11) is 1.46. The highest BCUT2D eigenvalue weighted by Gasteiger charge is 2.31. The first-order valence-electron chi connectivity index (χ1n) is 6.78. The average molecular weight is 345 g/mol. The van der Waals surface area contributed by atoms with Crippen LogP contribution in [0, 0.1) is 0 Å². The van der Waals surface area contributed by atoms with E-state index < -0.39 is 18.3 Å². The van der Waals surface area contributed by atoms with Gasteiger partial charge in [-0.15, -0.1) is 0 Å². The van der Waals surface area contributed by atoms with Crippen molar-refractivity contribution in [3.63, 3.8) is 0 Å². The lowest BCUT2D eigenvalue weighted by Gasteiger charge is -2.11. The smallest absolute Gasteiger partial charge is 0.416 e. The number of nitrogens with zero attached hydrogens (tertiary/aromatic N) is 2. The first-order valence-corrected chi connectivity index (χ1v) is 6.78. The van der Waals surface area contributed by atoms with E-state index in [9.17, 15) is 18.0 Å². The van der Waals surface area contributed by atoms with E-state index in [1.807, 2.05) is 0 Å². The molecule has 0 unspecified atom stereocenters. The average Bonchev–Trinajstić information content (AvgIpc) is 2.99. The molecule has 1 heterocycles. The van der Waals surface area contributed by atoms with Crippen molar-refractivity contribution < 1.29 is 32.3 Å². The Balaban J connectivity index is 2.07.